The minimum absolute atomic E-state index is 0.552. The first-order valence-electron chi connectivity index (χ1n) is 7.94. The highest BCUT2D eigenvalue weighted by Gasteiger charge is 2.18. The summed E-state index contributed by atoms with van der Waals surface area (Å²) in [7, 11) is 2.09. The third-order valence-electron chi connectivity index (χ3n) is 4.70. The van der Waals surface area contributed by atoms with Gasteiger partial charge in [-0.05, 0) is 31.5 Å². The molecule has 1 aliphatic carbocycles. The second kappa shape index (κ2) is 6.40. The monoisotopic (exact) mass is 271 g/mol. The summed E-state index contributed by atoms with van der Waals surface area (Å²) in [6, 6.07) is 8.94. The molecule has 1 N–H and O–H groups in total. The van der Waals surface area contributed by atoms with Crippen molar-refractivity contribution < 1.29 is 0 Å². The Kier molecular flexibility index (Phi) is 4.36. The molecular weight excluding hydrogens is 246 g/mol. The molecule has 0 bridgehead atoms. The lowest BCUT2D eigenvalue weighted by molar-refractivity contribution is 0.291. The fraction of sp³-hybridized carbons (Fsp3) is 0.588. The summed E-state index contributed by atoms with van der Waals surface area (Å²) in [6.07, 6.45) is 10.4. The Morgan fingerprint density at radius 1 is 1.25 bits per heavy atom. The van der Waals surface area contributed by atoms with Crippen molar-refractivity contribution in [3.05, 3.63) is 30.6 Å². The van der Waals surface area contributed by atoms with Crippen LogP contribution in [-0.4, -0.2) is 22.6 Å². The smallest absolute Gasteiger partial charge is 0.0958 e. The molecule has 3 heteroatoms. The Balaban J connectivity index is 1.67. The van der Waals surface area contributed by atoms with Crippen LogP contribution in [0, 0.1) is 5.92 Å². The molecule has 1 aliphatic rings. The Morgan fingerprint density at radius 2 is 2.05 bits per heavy atom. The molecule has 1 heterocycles. The molecule has 3 nitrogen and oxygen atoms in total. The Hall–Kier alpha value is -1.35. The van der Waals surface area contributed by atoms with Crippen LogP contribution in [0.3, 0.4) is 0 Å². The van der Waals surface area contributed by atoms with Gasteiger partial charge in [-0.15, -0.1) is 0 Å². The van der Waals surface area contributed by atoms with E-state index in [-0.39, 0.29) is 0 Å². The van der Waals surface area contributed by atoms with Gasteiger partial charge in [0.25, 0.3) is 0 Å². The molecule has 1 aromatic carbocycles. The largest absolute Gasteiger partial charge is 0.329 e. The van der Waals surface area contributed by atoms with Crippen LogP contribution in [0.15, 0.2) is 30.6 Å². The minimum Gasteiger partial charge on any atom is -0.329 e. The summed E-state index contributed by atoms with van der Waals surface area (Å²) in [5.41, 5.74) is 2.34. The number of aromatic nitrogens is 2. The lowest BCUT2D eigenvalue weighted by atomic mass is 9.85. The molecule has 0 spiro atoms. The van der Waals surface area contributed by atoms with Crippen molar-refractivity contribution in [3.63, 3.8) is 0 Å². The highest BCUT2D eigenvalue weighted by atomic mass is 15.1. The molecule has 2 aromatic rings. The van der Waals surface area contributed by atoms with Gasteiger partial charge in [0.2, 0.25) is 0 Å². The van der Waals surface area contributed by atoms with Gasteiger partial charge in [0, 0.05) is 12.6 Å². The van der Waals surface area contributed by atoms with Gasteiger partial charge in [-0.3, -0.25) is 0 Å². The molecule has 1 atom stereocenters. The summed E-state index contributed by atoms with van der Waals surface area (Å²) in [4.78, 5) is 4.49. The number of nitrogens with one attached hydrogen (secondary N) is 1. The second-order valence-electron chi connectivity index (χ2n) is 6.11. The number of benzene rings is 1. The third kappa shape index (κ3) is 3.04. The van der Waals surface area contributed by atoms with Gasteiger partial charge in [0.1, 0.15) is 0 Å². The van der Waals surface area contributed by atoms with Crippen molar-refractivity contribution in [1.82, 2.24) is 14.9 Å². The van der Waals surface area contributed by atoms with Crippen molar-refractivity contribution in [2.24, 2.45) is 5.92 Å². The highest BCUT2D eigenvalue weighted by molar-refractivity contribution is 5.74. The normalized spacial score (nSPS) is 18.4. The van der Waals surface area contributed by atoms with E-state index in [1.807, 2.05) is 6.33 Å². The number of hydrogen-bond acceptors (Lipinski definition) is 2. The zero-order valence-corrected chi connectivity index (χ0v) is 12.4. The third-order valence-corrected chi connectivity index (χ3v) is 4.70. The zero-order valence-electron chi connectivity index (χ0n) is 12.4. The average Bonchev–Trinajstić information content (AvgIpc) is 2.91. The van der Waals surface area contributed by atoms with Crippen molar-refractivity contribution in [2.75, 3.05) is 7.05 Å². The van der Waals surface area contributed by atoms with Gasteiger partial charge >= 0.3 is 0 Å². The van der Waals surface area contributed by atoms with Crippen molar-refractivity contribution >= 4 is 11.0 Å². The Labute approximate surface area is 121 Å². The topological polar surface area (TPSA) is 29.9 Å². The summed E-state index contributed by atoms with van der Waals surface area (Å²) < 4.78 is 2.29. The molecule has 0 aliphatic heterocycles. The molecule has 0 saturated heterocycles. The lowest BCUT2D eigenvalue weighted by Gasteiger charge is -2.26. The SMILES string of the molecule is CNC(CC1CCCCC1)Cn1cnc2ccccc21. The standard InChI is InChI=1S/C17H25N3/c1-18-15(11-14-7-3-2-4-8-14)12-20-13-19-16-9-5-6-10-17(16)20/h5-6,9-10,13-15,18H,2-4,7-8,11-12H2,1H3. The van der Waals surface area contributed by atoms with E-state index in [9.17, 15) is 0 Å². The van der Waals surface area contributed by atoms with Crippen LogP contribution in [0.5, 0.6) is 0 Å². The Bertz CT molecular complexity index is 540. The van der Waals surface area contributed by atoms with Crippen LogP contribution in [0.25, 0.3) is 11.0 Å². The van der Waals surface area contributed by atoms with E-state index >= 15 is 0 Å². The molecule has 3 rings (SSSR count). The fourth-order valence-electron chi connectivity index (χ4n) is 3.50. The van der Waals surface area contributed by atoms with E-state index in [2.05, 4.69) is 46.2 Å². The predicted octanol–water partition coefficient (Wildman–Crippen LogP) is 3.59. The number of likely N-dealkylation sites (N-methyl/N-ethyl adjacent to an activating group) is 1. The first-order valence-corrected chi connectivity index (χ1v) is 7.94. The molecule has 1 fully saturated rings. The lowest BCUT2D eigenvalue weighted by Crippen LogP contribution is -2.32. The van der Waals surface area contributed by atoms with Crippen LogP contribution < -0.4 is 5.32 Å². The van der Waals surface area contributed by atoms with E-state index in [1.165, 1.54) is 44.0 Å². The van der Waals surface area contributed by atoms with Crippen LogP contribution in [0.4, 0.5) is 0 Å². The van der Waals surface area contributed by atoms with Crippen molar-refractivity contribution in [3.8, 4) is 0 Å². The maximum absolute atomic E-state index is 4.49. The van der Waals surface area contributed by atoms with Crippen LogP contribution in [0.2, 0.25) is 0 Å². The second-order valence-corrected chi connectivity index (χ2v) is 6.11. The van der Waals surface area contributed by atoms with E-state index in [1.54, 1.807) is 0 Å². The first kappa shape index (κ1) is 13.6. The van der Waals surface area contributed by atoms with E-state index in [0.717, 1.165) is 18.0 Å². The number of rotatable bonds is 5. The summed E-state index contributed by atoms with van der Waals surface area (Å²) in [6.45, 7) is 1.02. The highest BCUT2D eigenvalue weighted by Crippen LogP contribution is 2.27. The number of para-hydroxylation sites is 2. The Morgan fingerprint density at radius 3 is 2.85 bits per heavy atom. The van der Waals surface area contributed by atoms with Gasteiger partial charge in [0.15, 0.2) is 0 Å². The van der Waals surface area contributed by atoms with Gasteiger partial charge < -0.3 is 9.88 Å². The zero-order chi connectivity index (χ0) is 13.8. The maximum atomic E-state index is 4.49. The minimum atomic E-state index is 0.552. The average molecular weight is 271 g/mol. The maximum Gasteiger partial charge on any atom is 0.0958 e. The molecule has 108 valence electrons. The molecule has 0 amide bonds. The predicted molar refractivity (Wildman–Crippen MR) is 83.8 cm³/mol. The van der Waals surface area contributed by atoms with Crippen LogP contribution in [0.1, 0.15) is 38.5 Å². The van der Waals surface area contributed by atoms with E-state index in [0.29, 0.717) is 6.04 Å². The van der Waals surface area contributed by atoms with Gasteiger partial charge in [0.05, 0.1) is 17.4 Å². The number of fused-ring (bicyclic) bond motifs is 1. The molecule has 1 unspecified atom stereocenters. The molecule has 1 saturated carbocycles. The summed E-state index contributed by atoms with van der Waals surface area (Å²) in [5.74, 6) is 0.913. The van der Waals surface area contributed by atoms with Crippen molar-refractivity contribution in [2.45, 2.75) is 51.1 Å². The summed E-state index contributed by atoms with van der Waals surface area (Å²) in [5, 5.41) is 3.50. The molecule has 20 heavy (non-hydrogen) atoms. The van der Waals surface area contributed by atoms with Gasteiger partial charge in [-0.25, -0.2) is 4.98 Å². The van der Waals surface area contributed by atoms with E-state index < -0.39 is 0 Å². The quantitative estimate of drug-likeness (QED) is 0.900. The molecule has 1 aromatic heterocycles. The molecular formula is C17H25N3. The summed E-state index contributed by atoms with van der Waals surface area (Å²) >= 11 is 0. The number of nitrogens with zero attached hydrogens (tertiary/aromatic N) is 2. The number of imidazole rings is 1. The first-order chi connectivity index (χ1) is 9.86. The van der Waals surface area contributed by atoms with Gasteiger partial charge in [-0.2, -0.15) is 0 Å². The van der Waals surface area contributed by atoms with E-state index in [4.69, 9.17) is 0 Å². The van der Waals surface area contributed by atoms with Gasteiger partial charge in [-0.1, -0.05) is 44.2 Å². The molecule has 0 radical (unpaired) electrons. The number of hydrogen-bond donors (Lipinski definition) is 1. The van der Waals surface area contributed by atoms with Crippen LogP contribution in [-0.2, 0) is 6.54 Å². The van der Waals surface area contributed by atoms with Crippen LogP contribution >= 0.6 is 0 Å². The van der Waals surface area contributed by atoms with Crippen molar-refractivity contribution in [1.29, 1.82) is 0 Å². The fourth-order valence-corrected chi connectivity index (χ4v) is 3.50.